The molecule has 2 N–H and O–H groups in total. The molecule has 2 aromatic rings. The molecule has 7 heteroatoms. The predicted molar refractivity (Wildman–Crippen MR) is 70.0 cm³/mol. The van der Waals surface area contributed by atoms with Crippen LogP contribution in [0.1, 0.15) is 35.5 Å². The Labute approximate surface area is 111 Å². The zero-order chi connectivity index (χ0) is 14.0. The molecule has 1 aromatic carbocycles. The molecule has 0 saturated heterocycles. The lowest BCUT2D eigenvalue weighted by Gasteiger charge is -2.06. The van der Waals surface area contributed by atoms with Gasteiger partial charge in [0.1, 0.15) is 11.3 Å². The van der Waals surface area contributed by atoms with E-state index < -0.39 is 21.1 Å². The van der Waals surface area contributed by atoms with E-state index in [4.69, 9.17) is 10.3 Å². The van der Waals surface area contributed by atoms with Gasteiger partial charge in [-0.2, -0.15) is 4.98 Å². The van der Waals surface area contributed by atoms with Crippen LogP contribution in [0.2, 0.25) is 0 Å². The van der Waals surface area contributed by atoms with Gasteiger partial charge in [-0.1, -0.05) is 35.5 Å². The average molecular weight is 281 g/mol. The van der Waals surface area contributed by atoms with Crippen LogP contribution in [0.5, 0.6) is 0 Å². The Morgan fingerprint density at radius 2 is 1.89 bits per heavy atom. The minimum absolute atomic E-state index is 0.129. The van der Waals surface area contributed by atoms with Crippen LogP contribution in [0, 0.1) is 0 Å². The van der Waals surface area contributed by atoms with E-state index in [1.54, 1.807) is 0 Å². The van der Waals surface area contributed by atoms with Crippen molar-refractivity contribution in [2.75, 3.05) is 6.26 Å². The molecule has 1 unspecified atom stereocenters. The van der Waals surface area contributed by atoms with Crippen LogP contribution in [0.15, 0.2) is 34.9 Å². The highest BCUT2D eigenvalue weighted by molar-refractivity contribution is 7.90. The van der Waals surface area contributed by atoms with Crippen LogP contribution in [-0.2, 0) is 9.84 Å². The average Bonchev–Trinajstić information content (AvgIpc) is 2.86. The Morgan fingerprint density at radius 1 is 1.26 bits per heavy atom. The highest BCUT2D eigenvalue weighted by Gasteiger charge is 2.25. The van der Waals surface area contributed by atoms with E-state index in [0.29, 0.717) is 0 Å². The van der Waals surface area contributed by atoms with E-state index in [9.17, 15) is 8.42 Å². The van der Waals surface area contributed by atoms with E-state index in [-0.39, 0.29) is 11.7 Å². The fourth-order valence-electron chi connectivity index (χ4n) is 1.53. The van der Waals surface area contributed by atoms with E-state index in [1.807, 2.05) is 30.3 Å². The number of rotatable bonds is 4. The molecule has 0 aliphatic heterocycles. The topological polar surface area (TPSA) is 99.1 Å². The van der Waals surface area contributed by atoms with Gasteiger partial charge in [0.2, 0.25) is 5.89 Å². The highest BCUT2D eigenvalue weighted by atomic mass is 32.2. The molecule has 0 radical (unpaired) electrons. The first-order valence-corrected chi connectivity index (χ1v) is 7.68. The van der Waals surface area contributed by atoms with Gasteiger partial charge in [0.15, 0.2) is 15.7 Å². The largest absolute Gasteiger partial charge is 0.337 e. The number of sulfone groups is 1. The molecular formula is C12H15N3O3S. The summed E-state index contributed by atoms with van der Waals surface area (Å²) in [5.74, 6) is 0.334. The van der Waals surface area contributed by atoms with Crippen LogP contribution in [0.4, 0.5) is 0 Å². The summed E-state index contributed by atoms with van der Waals surface area (Å²) in [6, 6.07) is 8.70. The summed E-state index contributed by atoms with van der Waals surface area (Å²) in [5, 5.41) is 2.87. The Kier molecular flexibility index (Phi) is 3.68. The molecule has 0 fully saturated rings. The molecule has 0 bridgehead atoms. The van der Waals surface area contributed by atoms with Crippen molar-refractivity contribution < 1.29 is 12.9 Å². The fourth-order valence-corrected chi connectivity index (χ4v) is 2.01. The third kappa shape index (κ3) is 2.99. The quantitative estimate of drug-likeness (QED) is 0.904. The van der Waals surface area contributed by atoms with Crippen LogP contribution in [0.25, 0.3) is 0 Å². The Balaban J connectivity index is 2.27. The summed E-state index contributed by atoms with van der Waals surface area (Å²) < 4.78 is 27.9. The third-order valence-electron chi connectivity index (χ3n) is 2.89. The van der Waals surface area contributed by atoms with Gasteiger partial charge < -0.3 is 10.3 Å². The number of hydrogen-bond acceptors (Lipinski definition) is 6. The number of nitrogens with zero attached hydrogens (tertiary/aromatic N) is 2. The molecule has 19 heavy (non-hydrogen) atoms. The van der Waals surface area contributed by atoms with Gasteiger partial charge >= 0.3 is 0 Å². The van der Waals surface area contributed by atoms with Crippen LogP contribution < -0.4 is 5.73 Å². The summed E-state index contributed by atoms with van der Waals surface area (Å²) in [4.78, 5) is 4.07. The number of aromatic nitrogens is 2. The Hall–Kier alpha value is -1.73. The number of nitrogens with two attached hydrogens (primary N) is 1. The van der Waals surface area contributed by atoms with Crippen LogP contribution in [0.3, 0.4) is 0 Å². The van der Waals surface area contributed by atoms with Crippen molar-refractivity contribution in [3.05, 3.63) is 47.6 Å². The molecule has 0 aliphatic rings. The maximum absolute atomic E-state index is 11.4. The molecule has 0 saturated carbocycles. The zero-order valence-electron chi connectivity index (χ0n) is 10.6. The first-order valence-electron chi connectivity index (χ1n) is 5.72. The lowest BCUT2D eigenvalue weighted by molar-refractivity contribution is 0.362. The second-order valence-corrected chi connectivity index (χ2v) is 6.72. The molecule has 2 atom stereocenters. The van der Waals surface area contributed by atoms with Crippen molar-refractivity contribution in [1.82, 2.24) is 10.1 Å². The van der Waals surface area contributed by atoms with E-state index >= 15 is 0 Å². The van der Waals surface area contributed by atoms with Crippen LogP contribution >= 0.6 is 0 Å². The minimum atomic E-state index is -3.26. The molecule has 1 heterocycles. The van der Waals surface area contributed by atoms with Crippen molar-refractivity contribution in [2.24, 2.45) is 5.73 Å². The van der Waals surface area contributed by atoms with E-state index in [2.05, 4.69) is 10.1 Å². The first kappa shape index (κ1) is 13.7. The molecule has 2 rings (SSSR count). The van der Waals surface area contributed by atoms with Gasteiger partial charge in [-0.15, -0.1) is 0 Å². The highest BCUT2D eigenvalue weighted by Crippen LogP contribution is 2.22. The lowest BCUT2D eigenvalue weighted by atomic mass is 10.1. The van der Waals surface area contributed by atoms with E-state index in [1.165, 1.54) is 6.92 Å². The van der Waals surface area contributed by atoms with Crippen molar-refractivity contribution in [3.8, 4) is 0 Å². The van der Waals surface area contributed by atoms with Crippen molar-refractivity contribution in [3.63, 3.8) is 0 Å². The maximum atomic E-state index is 11.4. The van der Waals surface area contributed by atoms with Gasteiger partial charge in [0.05, 0.1) is 0 Å². The molecular weight excluding hydrogens is 266 g/mol. The lowest BCUT2D eigenvalue weighted by Crippen LogP contribution is -2.13. The summed E-state index contributed by atoms with van der Waals surface area (Å²) in [5.41, 5.74) is 6.82. The van der Waals surface area contributed by atoms with Gasteiger partial charge in [-0.3, -0.25) is 0 Å². The Morgan fingerprint density at radius 3 is 2.47 bits per heavy atom. The summed E-state index contributed by atoms with van der Waals surface area (Å²) >= 11 is 0. The molecule has 0 amide bonds. The van der Waals surface area contributed by atoms with Gasteiger partial charge in [-0.05, 0) is 12.5 Å². The van der Waals surface area contributed by atoms with Crippen LogP contribution in [-0.4, -0.2) is 24.8 Å². The van der Waals surface area contributed by atoms with Crippen molar-refractivity contribution >= 4 is 9.84 Å². The van der Waals surface area contributed by atoms with Crippen molar-refractivity contribution in [2.45, 2.75) is 18.2 Å². The second-order valence-electron chi connectivity index (χ2n) is 4.35. The third-order valence-corrected chi connectivity index (χ3v) is 4.38. The standard InChI is InChI=1S/C12H15N3O3S/c1-8(19(2,16)17)11-14-12(18-15-11)10(13)9-6-4-3-5-7-9/h3-8,10H,13H2,1-2H3/t8?,10-/m0/s1. The van der Waals surface area contributed by atoms with E-state index in [0.717, 1.165) is 11.8 Å². The summed E-state index contributed by atoms with van der Waals surface area (Å²) in [6.45, 7) is 1.51. The monoisotopic (exact) mass is 281 g/mol. The molecule has 102 valence electrons. The first-order chi connectivity index (χ1) is 8.89. The molecule has 1 aromatic heterocycles. The van der Waals surface area contributed by atoms with Crippen molar-refractivity contribution in [1.29, 1.82) is 0 Å². The molecule has 6 nitrogen and oxygen atoms in total. The van der Waals surface area contributed by atoms with Gasteiger partial charge in [0, 0.05) is 6.26 Å². The van der Waals surface area contributed by atoms with Gasteiger partial charge in [0.25, 0.3) is 0 Å². The number of benzene rings is 1. The predicted octanol–water partition coefficient (Wildman–Crippen LogP) is 1.22. The Bertz CT molecular complexity index is 652. The minimum Gasteiger partial charge on any atom is -0.337 e. The summed E-state index contributed by atoms with van der Waals surface area (Å²) in [6.07, 6.45) is 1.13. The normalized spacial score (nSPS) is 15.1. The fraction of sp³-hybridized carbons (Fsp3) is 0.333. The maximum Gasteiger partial charge on any atom is 0.248 e. The summed E-state index contributed by atoms with van der Waals surface area (Å²) in [7, 11) is -3.26. The molecule has 0 aliphatic carbocycles. The smallest absolute Gasteiger partial charge is 0.248 e. The van der Waals surface area contributed by atoms with Gasteiger partial charge in [-0.25, -0.2) is 8.42 Å². The zero-order valence-corrected chi connectivity index (χ0v) is 11.5. The second kappa shape index (κ2) is 5.10. The molecule has 0 spiro atoms. The SMILES string of the molecule is CC(c1noc([C@@H](N)c2ccccc2)n1)S(C)(=O)=O. The number of hydrogen-bond donors (Lipinski definition) is 1.